The van der Waals surface area contributed by atoms with Gasteiger partial charge in [0.2, 0.25) is 10.0 Å². The first kappa shape index (κ1) is 19.1. The summed E-state index contributed by atoms with van der Waals surface area (Å²) in [6.07, 6.45) is 0.610. The maximum Gasteiger partial charge on any atom is 0.241 e. The van der Waals surface area contributed by atoms with Crippen LogP contribution in [0, 0.1) is 0 Å². The molecule has 0 fully saturated rings. The number of sulfonamides is 1. The molecule has 0 saturated heterocycles. The van der Waals surface area contributed by atoms with Crippen molar-refractivity contribution in [1.82, 2.24) is 4.72 Å². The van der Waals surface area contributed by atoms with E-state index < -0.39 is 10.0 Å². The van der Waals surface area contributed by atoms with E-state index in [0.29, 0.717) is 17.9 Å². The average molecular weight is 365 g/mol. The summed E-state index contributed by atoms with van der Waals surface area (Å²) in [5, 5.41) is 0. The quantitative estimate of drug-likeness (QED) is 0.778. The lowest BCUT2D eigenvalue weighted by atomic mass is 10.1. The van der Waals surface area contributed by atoms with Gasteiger partial charge in [-0.3, -0.25) is 0 Å². The van der Waals surface area contributed by atoms with Crippen LogP contribution in [-0.4, -0.2) is 29.7 Å². The summed E-state index contributed by atoms with van der Waals surface area (Å²) >= 11 is 0. The summed E-state index contributed by atoms with van der Waals surface area (Å²) in [4.78, 5) is 0.122. The van der Waals surface area contributed by atoms with E-state index in [0.717, 1.165) is 11.3 Å². The van der Waals surface area contributed by atoms with E-state index in [1.54, 1.807) is 13.2 Å². The molecule has 136 valence electrons. The fraction of sp³-hybridized carbons (Fsp3) is 0.333. The summed E-state index contributed by atoms with van der Waals surface area (Å²) < 4.78 is 43.7. The Balaban J connectivity index is 2.28. The Labute approximate surface area is 148 Å². The van der Waals surface area contributed by atoms with E-state index in [9.17, 15) is 8.42 Å². The number of rotatable bonds is 8. The molecule has 2 aromatic rings. The van der Waals surface area contributed by atoms with Crippen molar-refractivity contribution in [3.05, 3.63) is 48.0 Å². The van der Waals surface area contributed by atoms with Gasteiger partial charge in [0.15, 0.2) is 11.5 Å². The number of hydrogen-bond acceptors (Lipinski definition) is 5. The van der Waals surface area contributed by atoms with Crippen LogP contribution in [-0.2, 0) is 10.0 Å². The first-order valence-corrected chi connectivity index (χ1v) is 9.31. The molecule has 0 heterocycles. The number of benzene rings is 2. The Morgan fingerprint density at radius 3 is 2.08 bits per heavy atom. The monoisotopic (exact) mass is 365 g/mol. The molecule has 6 nitrogen and oxygen atoms in total. The predicted molar refractivity (Wildman–Crippen MR) is 95.9 cm³/mol. The van der Waals surface area contributed by atoms with E-state index in [2.05, 4.69) is 4.72 Å². The van der Waals surface area contributed by atoms with Crippen LogP contribution in [0.25, 0.3) is 0 Å². The van der Waals surface area contributed by atoms with Gasteiger partial charge in [-0.15, -0.1) is 0 Å². The molecule has 2 rings (SSSR count). The smallest absolute Gasteiger partial charge is 0.241 e. The molecular formula is C18H23NO5S. The van der Waals surface area contributed by atoms with Gasteiger partial charge in [0.1, 0.15) is 5.75 Å². The van der Waals surface area contributed by atoms with Crippen LogP contribution in [0.4, 0.5) is 0 Å². The lowest BCUT2D eigenvalue weighted by Crippen LogP contribution is -2.28. The Morgan fingerprint density at radius 2 is 1.56 bits per heavy atom. The van der Waals surface area contributed by atoms with Crippen LogP contribution >= 0.6 is 0 Å². The number of methoxy groups -OCH3 is 3. The van der Waals surface area contributed by atoms with Crippen LogP contribution in [0.1, 0.15) is 24.9 Å². The van der Waals surface area contributed by atoms with Crippen LogP contribution in [0.3, 0.4) is 0 Å². The Hall–Kier alpha value is -2.25. The average Bonchev–Trinajstić information content (AvgIpc) is 2.65. The molecule has 1 unspecified atom stereocenters. The predicted octanol–water partition coefficient (Wildman–Crippen LogP) is 3.14. The first-order valence-electron chi connectivity index (χ1n) is 7.83. The van der Waals surface area contributed by atoms with Crippen molar-refractivity contribution < 1.29 is 22.6 Å². The Morgan fingerprint density at radius 1 is 0.920 bits per heavy atom. The normalized spacial score (nSPS) is 12.5. The second-order valence-electron chi connectivity index (χ2n) is 5.37. The molecule has 0 saturated carbocycles. The van der Waals surface area contributed by atoms with E-state index in [1.807, 2.05) is 31.2 Å². The van der Waals surface area contributed by atoms with Gasteiger partial charge in [-0.05, 0) is 36.2 Å². The highest BCUT2D eigenvalue weighted by Crippen LogP contribution is 2.30. The van der Waals surface area contributed by atoms with Crippen LogP contribution in [0.15, 0.2) is 47.4 Å². The molecule has 0 aliphatic rings. The molecule has 2 aromatic carbocycles. The SMILES string of the molecule is CCC(NS(=O)(=O)c1ccc(OC)c(OC)c1)c1ccc(OC)cc1. The molecule has 1 N–H and O–H groups in total. The molecular weight excluding hydrogens is 342 g/mol. The van der Waals surface area contributed by atoms with Gasteiger partial charge in [-0.1, -0.05) is 19.1 Å². The third-order valence-corrected chi connectivity index (χ3v) is 5.36. The summed E-state index contributed by atoms with van der Waals surface area (Å²) in [5.74, 6) is 1.56. The standard InChI is InChI=1S/C18H23NO5S/c1-5-16(13-6-8-14(22-2)9-7-13)19-25(20,21)15-10-11-17(23-3)18(12-15)24-4/h6-12,16,19H,5H2,1-4H3. The van der Waals surface area contributed by atoms with Crippen LogP contribution in [0.2, 0.25) is 0 Å². The minimum absolute atomic E-state index is 0.122. The van der Waals surface area contributed by atoms with E-state index in [1.165, 1.54) is 26.4 Å². The van der Waals surface area contributed by atoms with Crippen LogP contribution < -0.4 is 18.9 Å². The molecule has 0 radical (unpaired) electrons. The minimum atomic E-state index is -3.71. The molecule has 0 aliphatic heterocycles. The van der Waals surface area contributed by atoms with Crippen molar-refractivity contribution in [1.29, 1.82) is 0 Å². The third-order valence-electron chi connectivity index (χ3n) is 3.89. The van der Waals surface area contributed by atoms with Crippen molar-refractivity contribution >= 4 is 10.0 Å². The highest BCUT2D eigenvalue weighted by Gasteiger charge is 2.22. The van der Waals surface area contributed by atoms with Crippen molar-refractivity contribution in [2.75, 3.05) is 21.3 Å². The molecule has 7 heteroatoms. The maximum absolute atomic E-state index is 12.7. The van der Waals surface area contributed by atoms with Gasteiger partial charge in [-0.25, -0.2) is 13.1 Å². The molecule has 0 amide bonds. The van der Waals surface area contributed by atoms with Gasteiger partial charge in [0.25, 0.3) is 0 Å². The molecule has 1 atom stereocenters. The highest BCUT2D eigenvalue weighted by atomic mass is 32.2. The van der Waals surface area contributed by atoms with Gasteiger partial charge in [0.05, 0.1) is 26.2 Å². The van der Waals surface area contributed by atoms with Gasteiger partial charge >= 0.3 is 0 Å². The second-order valence-corrected chi connectivity index (χ2v) is 7.09. The van der Waals surface area contributed by atoms with Gasteiger partial charge in [0, 0.05) is 12.1 Å². The molecule has 25 heavy (non-hydrogen) atoms. The fourth-order valence-electron chi connectivity index (χ4n) is 2.46. The zero-order valence-electron chi connectivity index (χ0n) is 14.8. The van der Waals surface area contributed by atoms with Crippen LogP contribution in [0.5, 0.6) is 17.2 Å². The van der Waals surface area contributed by atoms with Gasteiger partial charge < -0.3 is 14.2 Å². The number of ether oxygens (including phenoxy) is 3. The van der Waals surface area contributed by atoms with Crippen molar-refractivity contribution in [3.8, 4) is 17.2 Å². The zero-order valence-corrected chi connectivity index (χ0v) is 15.6. The van der Waals surface area contributed by atoms with E-state index in [-0.39, 0.29) is 10.9 Å². The maximum atomic E-state index is 12.7. The lowest BCUT2D eigenvalue weighted by Gasteiger charge is -2.18. The number of hydrogen-bond donors (Lipinski definition) is 1. The zero-order chi connectivity index (χ0) is 18.4. The largest absolute Gasteiger partial charge is 0.497 e. The molecule has 0 spiro atoms. The topological polar surface area (TPSA) is 73.9 Å². The fourth-order valence-corrected chi connectivity index (χ4v) is 3.79. The van der Waals surface area contributed by atoms with E-state index in [4.69, 9.17) is 14.2 Å². The van der Waals surface area contributed by atoms with Crippen molar-refractivity contribution in [2.45, 2.75) is 24.3 Å². The Kier molecular flexibility index (Phi) is 6.27. The highest BCUT2D eigenvalue weighted by molar-refractivity contribution is 7.89. The van der Waals surface area contributed by atoms with E-state index >= 15 is 0 Å². The minimum Gasteiger partial charge on any atom is -0.497 e. The van der Waals surface area contributed by atoms with Crippen molar-refractivity contribution in [2.24, 2.45) is 0 Å². The van der Waals surface area contributed by atoms with Crippen molar-refractivity contribution in [3.63, 3.8) is 0 Å². The summed E-state index contributed by atoms with van der Waals surface area (Å²) in [5.41, 5.74) is 0.868. The number of nitrogens with one attached hydrogen (secondary N) is 1. The van der Waals surface area contributed by atoms with Gasteiger partial charge in [-0.2, -0.15) is 0 Å². The third kappa shape index (κ3) is 4.43. The molecule has 0 aliphatic carbocycles. The molecule has 0 aromatic heterocycles. The summed E-state index contributed by atoms with van der Waals surface area (Å²) in [6, 6.07) is 11.5. The summed E-state index contributed by atoms with van der Waals surface area (Å²) in [6.45, 7) is 1.92. The second kappa shape index (κ2) is 8.22. The first-order chi connectivity index (χ1) is 11.9. The summed E-state index contributed by atoms with van der Waals surface area (Å²) in [7, 11) is 0.847. The molecule has 0 bridgehead atoms. The lowest BCUT2D eigenvalue weighted by molar-refractivity contribution is 0.354. The Bertz CT molecular complexity index is 803.